The molecular formula is C24H23N3O5S. The number of carbonyl (C=O) groups excluding carboxylic acids is 1. The fourth-order valence-corrected chi connectivity index (χ4v) is 4.44. The first-order valence-electron chi connectivity index (χ1n) is 10.1. The standard InChI is InChI=1S/C24H23N3O5S/c1-14-25-23-18(9-10-33-23)24(29)27(14)17-7-5-16(6-8-17)26-21(28)13-15-11-19(30-2)22(32-4)20(12-15)31-3/h5-12H,13H2,1-4H3,(H,26,28). The van der Waals surface area contributed by atoms with Gasteiger partial charge in [-0.15, -0.1) is 11.3 Å². The number of fused-ring (bicyclic) bond motifs is 1. The Bertz CT molecular complexity index is 1350. The van der Waals surface area contributed by atoms with Gasteiger partial charge in [0.05, 0.1) is 38.8 Å². The quantitative estimate of drug-likeness (QED) is 0.444. The maximum atomic E-state index is 12.9. The van der Waals surface area contributed by atoms with E-state index < -0.39 is 0 Å². The number of aryl methyl sites for hydroxylation is 1. The molecule has 170 valence electrons. The molecule has 0 unspecified atom stereocenters. The molecule has 9 heteroatoms. The van der Waals surface area contributed by atoms with Gasteiger partial charge in [-0.3, -0.25) is 14.2 Å². The summed E-state index contributed by atoms with van der Waals surface area (Å²) in [5, 5.41) is 5.32. The van der Waals surface area contributed by atoms with Gasteiger partial charge in [0.1, 0.15) is 10.7 Å². The van der Waals surface area contributed by atoms with Crippen molar-refractivity contribution >= 4 is 33.1 Å². The number of anilines is 1. The van der Waals surface area contributed by atoms with Crippen molar-refractivity contribution < 1.29 is 19.0 Å². The molecular weight excluding hydrogens is 442 g/mol. The van der Waals surface area contributed by atoms with Crippen molar-refractivity contribution in [2.75, 3.05) is 26.6 Å². The summed E-state index contributed by atoms with van der Waals surface area (Å²) in [6.07, 6.45) is 0.121. The number of amides is 1. The normalized spacial score (nSPS) is 10.8. The van der Waals surface area contributed by atoms with E-state index in [1.165, 1.54) is 32.7 Å². The van der Waals surface area contributed by atoms with Crippen molar-refractivity contribution in [1.82, 2.24) is 9.55 Å². The summed E-state index contributed by atoms with van der Waals surface area (Å²) in [6.45, 7) is 1.80. The topological polar surface area (TPSA) is 91.7 Å². The summed E-state index contributed by atoms with van der Waals surface area (Å²) < 4.78 is 17.6. The molecule has 0 atom stereocenters. The van der Waals surface area contributed by atoms with Crippen LogP contribution in [0.4, 0.5) is 5.69 Å². The molecule has 0 spiro atoms. The summed E-state index contributed by atoms with van der Waals surface area (Å²) in [6, 6.07) is 12.3. The van der Waals surface area contributed by atoms with Gasteiger partial charge in [0.2, 0.25) is 11.7 Å². The molecule has 1 amide bonds. The van der Waals surface area contributed by atoms with Crippen LogP contribution in [0.2, 0.25) is 0 Å². The SMILES string of the molecule is COc1cc(CC(=O)Nc2ccc(-n3c(C)nc4sccc4c3=O)cc2)cc(OC)c1OC. The van der Waals surface area contributed by atoms with Crippen LogP contribution in [0.15, 0.2) is 52.6 Å². The fraction of sp³-hybridized carbons (Fsp3) is 0.208. The van der Waals surface area contributed by atoms with Crippen LogP contribution in [0.25, 0.3) is 15.9 Å². The lowest BCUT2D eigenvalue weighted by Gasteiger charge is -2.14. The monoisotopic (exact) mass is 465 g/mol. The minimum Gasteiger partial charge on any atom is -0.493 e. The van der Waals surface area contributed by atoms with Crippen LogP contribution in [-0.2, 0) is 11.2 Å². The molecule has 2 aromatic carbocycles. The van der Waals surface area contributed by atoms with Gasteiger partial charge >= 0.3 is 0 Å². The van der Waals surface area contributed by atoms with Crippen LogP contribution < -0.4 is 25.1 Å². The smallest absolute Gasteiger partial charge is 0.266 e. The second-order valence-corrected chi connectivity index (χ2v) is 8.14. The number of nitrogens with one attached hydrogen (secondary N) is 1. The Labute approximate surface area is 194 Å². The Hall–Kier alpha value is -3.85. The molecule has 4 rings (SSSR count). The molecule has 0 radical (unpaired) electrons. The van der Waals surface area contributed by atoms with Crippen LogP contribution in [0.5, 0.6) is 17.2 Å². The molecule has 0 saturated carbocycles. The maximum absolute atomic E-state index is 12.9. The Kier molecular flexibility index (Phi) is 6.32. The van der Waals surface area contributed by atoms with E-state index in [0.717, 1.165) is 10.4 Å². The van der Waals surface area contributed by atoms with E-state index in [2.05, 4.69) is 10.3 Å². The van der Waals surface area contributed by atoms with Gasteiger partial charge in [0, 0.05) is 5.69 Å². The molecule has 0 aliphatic heterocycles. The first-order chi connectivity index (χ1) is 15.9. The van der Waals surface area contributed by atoms with Crippen molar-refractivity contribution in [3.63, 3.8) is 0 Å². The highest BCUT2D eigenvalue weighted by Crippen LogP contribution is 2.38. The average molecular weight is 466 g/mol. The van der Waals surface area contributed by atoms with Gasteiger partial charge < -0.3 is 19.5 Å². The fourth-order valence-electron chi connectivity index (χ4n) is 3.64. The maximum Gasteiger partial charge on any atom is 0.266 e. The highest BCUT2D eigenvalue weighted by atomic mass is 32.1. The van der Waals surface area contributed by atoms with Crippen molar-refractivity contribution in [3.05, 3.63) is 69.6 Å². The number of rotatable bonds is 7. The third-order valence-corrected chi connectivity index (χ3v) is 5.97. The molecule has 0 aliphatic carbocycles. The van der Waals surface area contributed by atoms with Crippen LogP contribution in [0.1, 0.15) is 11.4 Å². The largest absolute Gasteiger partial charge is 0.493 e. The second-order valence-electron chi connectivity index (χ2n) is 7.24. The molecule has 33 heavy (non-hydrogen) atoms. The number of nitrogens with zero attached hydrogens (tertiary/aromatic N) is 2. The number of carbonyl (C=O) groups is 1. The van der Waals surface area contributed by atoms with E-state index in [1.807, 2.05) is 5.38 Å². The number of hydrogen-bond acceptors (Lipinski definition) is 7. The number of aromatic nitrogens is 2. The molecule has 0 saturated heterocycles. The van der Waals surface area contributed by atoms with Crippen molar-refractivity contribution in [1.29, 1.82) is 0 Å². The van der Waals surface area contributed by atoms with E-state index in [4.69, 9.17) is 14.2 Å². The first-order valence-corrected chi connectivity index (χ1v) is 11.0. The van der Waals surface area contributed by atoms with Crippen LogP contribution >= 0.6 is 11.3 Å². The number of ether oxygens (including phenoxy) is 3. The van der Waals surface area contributed by atoms with Crippen molar-refractivity contribution in [3.8, 4) is 22.9 Å². The average Bonchev–Trinajstić information content (AvgIpc) is 3.28. The summed E-state index contributed by atoms with van der Waals surface area (Å²) in [5.41, 5.74) is 1.90. The second kappa shape index (κ2) is 9.33. The summed E-state index contributed by atoms with van der Waals surface area (Å²) in [7, 11) is 4.59. The molecule has 1 N–H and O–H groups in total. The molecule has 0 aliphatic rings. The van der Waals surface area contributed by atoms with E-state index in [9.17, 15) is 9.59 Å². The molecule has 0 bridgehead atoms. The molecule has 4 aromatic rings. The van der Waals surface area contributed by atoms with Gasteiger partial charge in [-0.05, 0) is 60.3 Å². The van der Waals surface area contributed by atoms with Gasteiger partial charge in [0.15, 0.2) is 11.5 Å². The van der Waals surface area contributed by atoms with Crippen LogP contribution in [0.3, 0.4) is 0 Å². The molecule has 8 nitrogen and oxygen atoms in total. The summed E-state index contributed by atoms with van der Waals surface area (Å²) in [4.78, 5) is 30.7. The zero-order valence-electron chi connectivity index (χ0n) is 18.7. The van der Waals surface area contributed by atoms with Gasteiger partial charge in [-0.2, -0.15) is 0 Å². The molecule has 0 fully saturated rings. The lowest BCUT2D eigenvalue weighted by molar-refractivity contribution is -0.115. The van der Waals surface area contributed by atoms with E-state index >= 15 is 0 Å². The summed E-state index contributed by atoms with van der Waals surface area (Å²) in [5.74, 6) is 1.85. The Morgan fingerprint density at radius 1 is 1.03 bits per heavy atom. The third kappa shape index (κ3) is 4.40. The zero-order valence-corrected chi connectivity index (χ0v) is 19.5. The Balaban J connectivity index is 1.52. The lowest BCUT2D eigenvalue weighted by atomic mass is 10.1. The minimum absolute atomic E-state index is 0.113. The Morgan fingerprint density at radius 3 is 2.30 bits per heavy atom. The molecule has 2 heterocycles. The number of hydrogen-bond donors (Lipinski definition) is 1. The Morgan fingerprint density at radius 2 is 1.70 bits per heavy atom. The van der Waals surface area contributed by atoms with Gasteiger partial charge in [0.25, 0.3) is 5.56 Å². The predicted octanol–water partition coefficient (Wildman–Crippen LogP) is 3.96. The lowest BCUT2D eigenvalue weighted by Crippen LogP contribution is -2.21. The van der Waals surface area contributed by atoms with Gasteiger partial charge in [-0.1, -0.05) is 0 Å². The molecule has 2 aromatic heterocycles. The number of benzene rings is 2. The number of methoxy groups -OCH3 is 3. The van der Waals surface area contributed by atoms with Crippen LogP contribution in [-0.4, -0.2) is 36.8 Å². The highest BCUT2D eigenvalue weighted by molar-refractivity contribution is 7.16. The van der Waals surface area contributed by atoms with Crippen molar-refractivity contribution in [2.24, 2.45) is 0 Å². The first kappa shape index (κ1) is 22.3. The number of thiophene rings is 1. The predicted molar refractivity (Wildman–Crippen MR) is 128 cm³/mol. The van der Waals surface area contributed by atoms with E-state index in [0.29, 0.717) is 39.8 Å². The minimum atomic E-state index is -0.202. The summed E-state index contributed by atoms with van der Waals surface area (Å²) >= 11 is 1.44. The van der Waals surface area contributed by atoms with E-state index in [1.54, 1.807) is 54.0 Å². The highest BCUT2D eigenvalue weighted by Gasteiger charge is 2.15. The third-order valence-electron chi connectivity index (χ3n) is 5.16. The van der Waals surface area contributed by atoms with Crippen LogP contribution in [0, 0.1) is 6.92 Å². The zero-order chi connectivity index (χ0) is 23.5. The van der Waals surface area contributed by atoms with Crippen molar-refractivity contribution in [2.45, 2.75) is 13.3 Å². The van der Waals surface area contributed by atoms with Gasteiger partial charge in [-0.25, -0.2) is 4.98 Å². The van der Waals surface area contributed by atoms with E-state index in [-0.39, 0.29) is 17.9 Å².